The Labute approximate surface area is 67.8 Å². The predicted octanol–water partition coefficient (Wildman–Crippen LogP) is 0.628. The first kappa shape index (κ1) is 10.6. The molecule has 1 aliphatic rings. The summed E-state index contributed by atoms with van der Waals surface area (Å²) in [6, 6.07) is 0. The van der Waals surface area contributed by atoms with Gasteiger partial charge in [0.15, 0.2) is 12.2 Å². The maximum Gasteiger partial charge on any atom is 0.377 e. The van der Waals surface area contributed by atoms with Crippen molar-refractivity contribution in [3.8, 4) is 0 Å². The van der Waals surface area contributed by atoms with Crippen molar-refractivity contribution in [2.45, 2.75) is 30.0 Å². The Morgan fingerprint density at radius 1 is 0.692 bits per heavy atom. The molecule has 0 spiro atoms. The molecule has 0 heterocycles. The number of halogens is 6. The maximum atomic E-state index is 12.2. The van der Waals surface area contributed by atoms with Gasteiger partial charge in [0.05, 0.1) is 0 Å². The second-order valence-electron chi connectivity index (χ2n) is 2.71. The Hall–Kier alpha value is -0.500. The summed E-state index contributed by atoms with van der Waals surface area (Å²) in [6.07, 6.45) is -6.92. The minimum absolute atomic E-state index is 3.46. The molecule has 13 heavy (non-hydrogen) atoms. The second kappa shape index (κ2) is 2.30. The summed E-state index contributed by atoms with van der Waals surface area (Å²) < 4.78 is 73.2. The van der Waals surface area contributed by atoms with Crippen molar-refractivity contribution in [3.05, 3.63) is 0 Å². The van der Waals surface area contributed by atoms with Crippen LogP contribution in [0.5, 0.6) is 0 Å². The Kier molecular flexibility index (Phi) is 1.87. The van der Waals surface area contributed by atoms with Crippen LogP contribution in [0.3, 0.4) is 0 Å². The number of aliphatic hydroxyl groups is 2. The molecule has 1 saturated carbocycles. The van der Waals surface area contributed by atoms with Crippen LogP contribution in [0.4, 0.5) is 26.3 Å². The van der Waals surface area contributed by atoms with Gasteiger partial charge >= 0.3 is 17.8 Å². The van der Waals surface area contributed by atoms with Crippen LogP contribution in [0.15, 0.2) is 0 Å². The van der Waals surface area contributed by atoms with Gasteiger partial charge in [-0.05, 0) is 0 Å². The molecule has 2 N–H and O–H groups in total. The summed E-state index contributed by atoms with van der Waals surface area (Å²) >= 11 is 0. The smallest absolute Gasteiger partial charge is 0.377 e. The topological polar surface area (TPSA) is 40.5 Å². The van der Waals surface area contributed by atoms with Crippen LogP contribution in [-0.4, -0.2) is 40.2 Å². The molecule has 1 rings (SSSR count). The highest BCUT2D eigenvalue weighted by molar-refractivity contribution is 5.14. The normalized spacial score (nSPS) is 40.6. The van der Waals surface area contributed by atoms with Gasteiger partial charge in [0.25, 0.3) is 0 Å². The van der Waals surface area contributed by atoms with Crippen LogP contribution in [0.25, 0.3) is 0 Å². The van der Waals surface area contributed by atoms with E-state index in [-0.39, 0.29) is 0 Å². The van der Waals surface area contributed by atoms with Crippen molar-refractivity contribution >= 4 is 0 Å². The van der Waals surface area contributed by atoms with E-state index in [2.05, 4.69) is 0 Å². The van der Waals surface area contributed by atoms with Gasteiger partial charge in [-0.3, -0.25) is 0 Å². The van der Waals surface area contributed by atoms with Gasteiger partial charge in [0, 0.05) is 0 Å². The molecular weight excluding hydrogens is 206 g/mol. The third-order valence-corrected chi connectivity index (χ3v) is 1.88. The quantitative estimate of drug-likeness (QED) is 0.575. The van der Waals surface area contributed by atoms with E-state index in [9.17, 15) is 26.3 Å². The highest BCUT2D eigenvalue weighted by Crippen LogP contribution is 2.56. The van der Waals surface area contributed by atoms with Crippen LogP contribution in [0.2, 0.25) is 0 Å². The van der Waals surface area contributed by atoms with Crippen molar-refractivity contribution in [1.82, 2.24) is 0 Å². The SMILES string of the molecule is OC1C(O)C(F)(F)C(F)(F)C1(F)F. The number of aliphatic hydroxyl groups excluding tert-OH is 2. The van der Waals surface area contributed by atoms with Crippen molar-refractivity contribution in [1.29, 1.82) is 0 Å². The van der Waals surface area contributed by atoms with E-state index in [1.165, 1.54) is 0 Å². The molecule has 0 radical (unpaired) electrons. The summed E-state index contributed by atoms with van der Waals surface area (Å²) in [5.74, 6) is -16.4. The minimum Gasteiger partial charge on any atom is -0.384 e. The van der Waals surface area contributed by atoms with Gasteiger partial charge in [-0.1, -0.05) is 0 Å². The van der Waals surface area contributed by atoms with Crippen molar-refractivity contribution in [3.63, 3.8) is 0 Å². The first-order valence-electron chi connectivity index (χ1n) is 3.06. The summed E-state index contributed by atoms with van der Waals surface area (Å²) in [7, 11) is 0. The Balaban J connectivity index is 3.23. The van der Waals surface area contributed by atoms with Crippen LogP contribution in [-0.2, 0) is 0 Å². The van der Waals surface area contributed by atoms with Gasteiger partial charge in [-0.25, -0.2) is 0 Å². The molecule has 2 atom stereocenters. The third kappa shape index (κ3) is 0.925. The van der Waals surface area contributed by atoms with Crippen LogP contribution in [0, 0.1) is 0 Å². The molecule has 0 saturated heterocycles. The van der Waals surface area contributed by atoms with Crippen LogP contribution < -0.4 is 0 Å². The van der Waals surface area contributed by atoms with Gasteiger partial charge in [0.2, 0.25) is 0 Å². The van der Waals surface area contributed by atoms with Gasteiger partial charge in [0.1, 0.15) is 0 Å². The van der Waals surface area contributed by atoms with Crippen molar-refractivity contribution < 1.29 is 36.6 Å². The molecule has 2 unspecified atom stereocenters. The number of alkyl halides is 6. The molecule has 1 aliphatic carbocycles. The van der Waals surface area contributed by atoms with Gasteiger partial charge in [-0.2, -0.15) is 26.3 Å². The van der Waals surface area contributed by atoms with E-state index in [1.807, 2.05) is 0 Å². The zero-order chi connectivity index (χ0) is 10.7. The van der Waals surface area contributed by atoms with Crippen molar-refractivity contribution in [2.75, 3.05) is 0 Å². The molecule has 0 aliphatic heterocycles. The highest BCUT2D eigenvalue weighted by atomic mass is 19.3. The summed E-state index contributed by atoms with van der Waals surface area (Å²) in [4.78, 5) is 0. The molecule has 0 aromatic rings. The number of hydrogen-bond acceptors (Lipinski definition) is 2. The summed E-state index contributed by atoms with van der Waals surface area (Å²) in [6.45, 7) is 0. The van der Waals surface area contributed by atoms with E-state index in [1.54, 1.807) is 0 Å². The van der Waals surface area contributed by atoms with E-state index in [0.29, 0.717) is 0 Å². The largest absolute Gasteiger partial charge is 0.384 e. The number of hydrogen-bond donors (Lipinski definition) is 2. The monoisotopic (exact) mass is 210 g/mol. The summed E-state index contributed by atoms with van der Waals surface area (Å²) in [5, 5.41) is 16.5. The Morgan fingerprint density at radius 3 is 1.00 bits per heavy atom. The Morgan fingerprint density at radius 2 is 0.923 bits per heavy atom. The van der Waals surface area contributed by atoms with E-state index >= 15 is 0 Å². The van der Waals surface area contributed by atoms with E-state index in [4.69, 9.17) is 10.2 Å². The standard InChI is InChI=1S/C5H4F6O2/c6-3(7)1(12)2(13)4(8,9)5(3,10)11/h1-2,12-13H. The first-order chi connectivity index (χ1) is 5.57. The molecule has 78 valence electrons. The molecule has 0 amide bonds. The average Bonchev–Trinajstić information content (AvgIpc) is 2.05. The predicted molar refractivity (Wildman–Crippen MR) is 26.9 cm³/mol. The third-order valence-electron chi connectivity index (χ3n) is 1.88. The van der Waals surface area contributed by atoms with E-state index < -0.39 is 30.0 Å². The molecular formula is C5H4F6O2. The zero-order valence-corrected chi connectivity index (χ0v) is 5.82. The zero-order valence-electron chi connectivity index (χ0n) is 5.82. The van der Waals surface area contributed by atoms with Gasteiger partial charge in [-0.15, -0.1) is 0 Å². The lowest BCUT2D eigenvalue weighted by Gasteiger charge is -2.23. The van der Waals surface area contributed by atoms with Crippen LogP contribution >= 0.6 is 0 Å². The van der Waals surface area contributed by atoms with Crippen LogP contribution in [0.1, 0.15) is 0 Å². The van der Waals surface area contributed by atoms with Gasteiger partial charge < -0.3 is 10.2 Å². The Bertz CT molecular complexity index is 205. The fourth-order valence-corrected chi connectivity index (χ4v) is 0.990. The molecule has 2 nitrogen and oxygen atoms in total. The molecule has 0 aromatic carbocycles. The minimum atomic E-state index is -5.74. The lowest BCUT2D eigenvalue weighted by Crippen LogP contribution is -2.49. The molecule has 8 heteroatoms. The molecule has 0 aromatic heterocycles. The fourth-order valence-electron chi connectivity index (χ4n) is 0.990. The molecule has 0 bridgehead atoms. The molecule has 1 fully saturated rings. The fraction of sp³-hybridized carbons (Fsp3) is 1.00. The first-order valence-corrected chi connectivity index (χ1v) is 3.06. The van der Waals surface area contributed by atoms with Crippen molar-refractivity contribution in [2.24, 2.45) is 0 Å². The summed E-state index contributed by atoms with van der Waals surface area (Å²) in [5.41, 5.74) is 0. The lowest BCUT2D eigenvalue weighted by molar-refractivity contribution is -0.285. The second-order valence-corrected chi connectivity index (χ2v) is 2.71. The van der Waals surface area contributed by atoms with E-state index in [0.717, 1.165) is 0 Å². The lowest BCUT2D eigenvalue weighted by atomic mass is 10.2. The maximum absolute atomic E-state index is 12.2. The average molecular weight is 210 g/mol. The highest BCUT2D eigenvalue weighted by Gasteiger charge is 2.85. The number of rotatable bonds is 0.